The molecule has 132 valence electrons. The van der Waals surface area contributed by atoms with Crippen LogP contribution in [0.1, 0.15) is 18.4 Å². The van der Waals surface area contributed by atoms with E-state index in [0.717, 1.165) is 4.31 Å². The maximum absolute atomic E-state index is 13.8. The maximum atomic E-state index is 13.8. The average Bonchev–Trinajstić information content (AvgIpc) is 2.46. The van der Waals surface area contributed by atoms with Gasteiger partial charge in [-0.3, -0.25) is 0 Å². The number of nitrogens with one attached hydrogen (secondary N) is 1. The molecule has 1 aromatic carbocycles. The summed E-state index contributed by atoms with van der Waals surface area (Å²) in [5, 5.41) is 3.06. The molecule has 1 saturated heterocycles. The van der Waals surface area contributed by atoms with Gasteiger partial charge >= 0.3 is 6.18 Å². The Balaban J connectivity index is 0.00000264. The van der Waals surface area contributed by atoms with E-state index in [1.54, 1.807) is 0 Å². The van der Waals surface area contributed by atoms with Gasteiger partial charge in [0.1, 0.15) is 10.7 Å². The maximum Gasteiger partial charge on any atom is 0.416 e. The predicted molar refractivity (Wildman–Crippen MR) is 79.5 cm³/mol. The van der Waals surface area contributed by atoms with Crippen LogP contribution in [0.5, 0.6) is 0 Å². The van der Waals surface area contributed by atoms with Crippen molar-refractivity contribution in [3.63, 3.8) is 0 Å². The highest BCUT2D eigenvalue weighted by atomic mass is 35.5. The molecule has 2 rings (SSSR count). The van der Waals surface area contributed by atoms with Gasteiger partial charge in [-0.25, -0.2) is 12.8 Å². The first-order valence-corrected chi connectivity index (χ1v) is 8.13. The predicted octanol–water partition coefficient (Wildman–Crippen LogP) is 2.64. The number of benzene rings is 1. The molecule has 1 aromatic rings. The Morgan fingerprint density at radius 3 is 2.30 bits per heavy atom. The van der Waals surface area contributed by atoms with Gasteiger partial charge in [0.25, 0.3) is 0 Å². The Hall–Kier alpha value is -0.900. The first-order valence-electron chi connectivity index (χ1n) is 6.69. The van der Waals surface area contributed by atoms with Gasteiger partial charge in [0.05, 0.1) is 5.56 Å². The molecule has 1 heterocycles. The monoisotopic (exact) mass is 376 g/mol. The van der Waals surface area contributed by atoms with Crippen molar-refractivity contribution in [3.8, 4) is 0 Å². The third-order valence-corrected chi connectivity index (χ3v) is 5.66. The number of hydrogen-bond acceptors (Lipinski definition) is 3. The van der Waals surface area contributed by atoms with Crippen molar-refractivity contribution in [1.82, 2.24) is 9.62 Å². The average molecular weight is 377 g/mol. The minimum Gasteiger partial charge on any atom is -0.317 e. The molecule has 0 atom stereocenters. The topological polar surface area (TPSA) is 49.4 Å². The van der Waals surface area contributed by atoms with Gasteiger partial charge in [-0.15, -0.1) is 12.4 Å². The third kappa shape index (κ3) is 4.34. The van der Waals surface area contributed by atoms with Crippen molar-refractivity contribution in [3.05, 3.63) is 29.6 Å². The van der Waals surface area contributed by atoms with Gasteiger partial charge in [-0.05, 0) is 44.1 Å². The largest absolute Gasteiger partial charge is 0.416 e. The number of piperidine rings is 1. The van der Waals surface area contributed by atoms with Crippen LogP contribution < -0.4 is 5.32 Å². The molecule has 0 saturated carbocycles. The molecule has 1 fully saturated rings. The number of sulfonamides is 1. The van der Waals surface area contributed by atoms with Crippen molar-refractivity contribution in [2.24, 2.45) is 0 Å². The lowest BCUT2D eigenvalue weighted by Gasteiger charge is -2.31. The van der Waals surface area contributed by atoms with Gasteiger partial charge in [0.15, 0.2) is 0 Å². The van der Waals surface area contributed by atoms with Gasteiger partial charge in [-0.1, -0.05) is 0 Å². The summed E-state index contributed by atoms with van der Waals surface area (Å²) in [6, 6.07) is 1.05. The summed E-state index contributed by atoms with van der Waals surface area (Å²) < 4.78 is 77.7. The highest BCUT2D eigenvalue weighted by Gasteiger charge is 2.35. The van der Waals surface area contributed by atoms with Crippen LogP contribution in [-0.4, -0.2) is 38.9 Å². The van der Waals surface area contributed by atoms with Gasteiger partial charge in [0.2, 0.25) is 10.0 Å². The molecule has 0 radical (unpaired) electrons. The Labute approximate surface area is 138 Å². The summed E-state index contributed by atoms with van der Waals surface area (Å²) in [5.74, 6) is -1.19. The molecular formula is C13H17ClF4N2O2S. The van der Waals surface area contributed by atoms with E-state index < -0.39 is 32.5 Å². The summed E-state index contributed by atoms with van der Waals surface area (Å²) in [7, 11) is -3.05. The van der Waals surface area contributed by atoms with Crippen LogP contribution in [0.15, 0.2) is 23.1 Å². The fourth-order valence-electron chi connectivity index (χ4n) is 2.40. The van der Waals surface area contributed by atoms with Crippen LogP contribution in [0.4, 0.5) is 17.6 Å². The minimum absolute atomic E-state index is 0. The van der Waals surface area contributed by atoms with E-state index >= 15 is 0 Å². The molecule has 4 nitrogen and oxygen atoms in total. The van der Waals surface area contributed by atoms with Crippen molar-refractivity contribution in [2.45, 2.75) is 30.0 Å². The zero-order chi connectivity index (χ0) is 16.5. The van der Waals surface area contributed by atoms with E-state index in [4.69, 9.17) is 0 Å². The van der Waals surface area contributed by atoms with E-state index in [-0.39, 0.29) is 18.4 Å². The molecule has 0 bridgehead atoms. The molecular weight excluding hydrogens is 360 g/mol. The first-order chi connectivity index (χ1) is 10.1. The van der Waals surface area contributed by atoms with Crippen molar-refractivity contribution < 1.29 is 26.0 Å². The highest BCUT2D eigenvalue weighted by molar-refractivity contribution is 7.89. The lowest BCUT2D eigenvalue weighted by Crippen LogP contribution is -2.44. The zero-order valence-electron chi connectivity index (χ0n) is 12.2. The Morgan fingerprint density at radius 1 is 1.22 bits per heavy atom. The lowest BCUT2D eigenvalue weighted by molar-refractivity contribution is -0.137. The second-order valence-electron chi connectivity index (χ2n) is 5.15. The van der Waals surface area contributed by atoms with Crippen LogP contribution >= 0.6 is 12.4 Å². The molecule has 0 spiro atoms. The summed E-state index contributed by atoms with van der Waals surface area (Å²) in [5.41, 5.74) is -1.19. The second kappa shape index (κ2) is 7.33. The Bertz CT molecular complexity index is 646. The summed E-state index contributed by atoms with van der Waals surface area (Å²) in [6.45, 7) is 1.21. The van der Waals surface area contributed by atoms with E-state index in [1.165, 1.54) is 7.05 Å². The van der Waals surface area contributed by atoms with Gasteiger partial charge in [0, 0.05) is 13.1 Å². The number of halogens is 5. The normalized spacial score (nSPS) is 17.1. The van der Waals surface area contributed by atoms with E-state index in [1.807, 2.05) is 0 Å². The standard InChI is InChI=1S/C13H16F4N2O2S.ClH/c1-19(10-4-6-18-7-5-10)22(20,21)12-8-9(13(15,16)17)2-3-11(12)14;/h2-3,8,10,18H,4-7H2,1H3;1H. The van der Waals surface area contributed by atoms with Crippen molar-refractivity contribution in [2.75, 3.05) is 20.1 Å². The molecule has 1 aliphatic rings. The van der Waals surface area contributed by atoms with Crippen LogP contribution in [-0.2, 0) is 16.2 Å². The van der Waals surface area contributed by atoms with Gasteiger partial charge < -0.3 is 5.32 Å². The smallest absolute Gasteiger partial charge is 0.317 e. The lowest BCUT2D eigenvalue weighted by atomic mass is 10.1. The number of alkyl halides is 3. The van der Waals surface area contributed by atoms with E-state index in [9.17, 15) is 26.0 Å². The summed E-state index contributed by atoms with van der Waals surface area (Å²) in [6.07, 6.45) is -3.68. The number of nitrogens with zero attached hydrogens (tertiary/aromatic N) is 1. The first kappa shape index (κ1) is 20.1. The van der Waals surface area contributed by atoms with E-state index in [0.29, 0.717) is 44.1 Å². The third-order valence-electron chi connectivity index (χ3n) is 3.74. The quantitative estimate of drug-likeness (QED) is 0.825. The molecule has 1 N–H and O–H groups in total. The van der Waals surface area contributed by atoms with Gasteiger partial charge in [-0.2, -0.15) is 17.5 Å². The molecule has 0 unspecified atom stereocenters. The zero-order valence-corrected chi connectivity index (χ0v) is 13.9. The minimum atomic E-state index is -4.73. The Morgan fingerprint density at radius 2 is 1.78 bits per heavy atom. The van der Waals surface area contributed by atoms with Crippen molar-refractivity contribution in [1.29, 1.82) is 0 Å². The number of hydrogen-bond donors (Lipinski definition) is 1. The van der Waals surface area contributed by atoms with Crippen molar-refractivity contribution >= 4 is 22.4 Å². The van der Waals surface area contributed by atoms with E-state index in [2.05, 4.69) is 5.32 Å². The summed E-state index contributed by atoms with van der Waals surface area (Å²) >= 11 is 0. The number of rotatable bonds is 3. The fraction of sp³-hybridized carbons (Fsp3) is 0.538. The SMILES string of the molecule is CN(C1CCNCC1)S(=O)(=O)c1cc(C(F)(F)F)ccc1F.Cl. The molecule has 23 heavy (non-hydrogen) atoms. The van der Waals surface area contributed by atoms with Crippen LogP contribution in [0.3, 0.4) is 0 Å². The Kier molecular flexibility index (Phi) is 6.42. The highest BCUT2D eigenvalue weighted by Crippen LogP contribution is 2.32. The second-order valence-corrected chi connectivity index (χ2v) is 7.11. The fourth-order valence-corrected chi connectivity index (χ4v) is 3.90. The summed E-state index contributed by atoms with van der Waals surface area (Å²) in [4.78, 5) is -0.941. The molecule has 0 amide bonds. The molecule has 1 aliphatic heterocycles. The van der Waals surface area contributed by atoms with Crippen LogP contribution in [0.25, 0.3) is 0 Å². The molecule has 10 heteroatoms. The van der Waals surface area contributed by atoms with Crippen LogP contribution in [0, 0.1) is 5.82 Å². The van der Waals surface area contributed by atoms with Crippen LogP contribution in [0.2, 0.25) is 0 Å². The molecule has 0 aliphatic carbocycles. The molecule has 0 aromatic heterocycles.